The molecule has 0 saturated carbocycles. The van der Waals surface area contributed by atoms with E-state index >= 15 is 0 Å². The molecular formula is C20H21FN6O4. The number of carbonyl (C=O) groups excluding carboxylic acids is 1. The first-order valence-electron chi connectivity index (χ1n) is 10.2. The smallest absolute Gasteiger partial charge is 0.414 e. The van der Waals surface area contributed by atoms with Crippen LogP contribution in [0, 0.1) is 17.1 Å². The predicted molar refractivity (Wildman–Crippen MR) is 105 cm³/mol. The van der Waals surface area contributed by atoms with Gasteiger partial charge in [0.15, 0.2) is 11.5 Å². The van der Waals surface area contributed by atoms with Crippen LogP contribution in [0.1, 0.15) is 18.5 Å². The molecule has 4 heterocycles. The maximum atomic E-state index is 14.9. The number of rotatable bonds is 4. The van der Waals surface area contributed by atoms with E-state index in [-0.39, 0.29) is 18.8 Å². The highest BCUT2D eigenvalue weighted by Crippen LogP contribution is 2.35. The highest BCUT2D eigenvalue weighted by Gasteiger charge is 2.40. The van der Waals surface area contributed by atoms with E-state index in [1.54, 1.807) is 12.1 Å². The molecule has 2 aromatic rings. The van der Waals surface area contributed by atoms with Gasteiger partial charge < -0.3 is 19.1 Å². The van der Waals surface area contributed by atoms with Crippen LogP contribution in [0.25, 0.3) is 0 Å². The first kappa shape index (κ1) is 19.7. The number of benzene rings is 1. The van der Waals surface area contributed by atoms with E-state index in [1.807, 2.05) is 11.0 Å². The highest BCUT2D eigenvalue weighted by atomic mass is 19.1. The normalized spacial score (nSPS) is 22.7. The first-order chi connectivity index (χ1) is 15.0. The molecule has 162 valence electrons. The lowest BCUT2D eigenvalue weighted by atomic mass is 10.0. The van der Waals surface area contributed by atoms with E-state index in [0.717, 1.165) is 0 Å². The van der Waals surface area contributed by atoms with Gasteiger partial charge in [0.1, 0.15) is 18.0 Å². The van der Waals surface area contributed by atoms with Gasteiger partial charge in [0.2, 0.25) is 0 Å². The van der Waals surface area contributed by atoms with Crippen molar-refractivity contribution >= 4 is 17.5 Å². The number of ether oxygens (including phenoxy) is 3. The second kappa shape index (κ2) is 7.79. The van der Waals surface area contributed by atoms with Crippen LogP contribution >= 0.6 is 0 Å². The van der Waals surface area contributed by atoms with Gasteiger partial charge in [0.05, 0.1) is 43.9 Å². The Labute approximate surface area is 177 Å². The largest absolute Gasteiger partial charge is 0.442 e. The van der Waals surface area contributed by atoms with E-state index in [2.05, 4.69) is 10.3 Å². The predicted octanol–water partition coefficient (Wildman–Crippen LogP) is 1.66. The topological polar surface area (TPSA) is 106 Å². The molecule has 3 saturated heterocycles. The fourth-order valence-corrected chi connectivity index (χ4v) is 4.27. The van der Waals surface area contributed by atoms with Crippen molar-refractivity contribution in [2.24, 2.45) is 0 Å². The van der Waals surface area contributed by atoms with Crippen LogP contribution in [0.2, 0.25) is 0 Å². The van der Waals surface area contributed by atoms with E-state index in [9.17, 15) is 9.18 Å². The van der Waals surface area contributed by atoms with Crippen LogP contribution < -0.4 is 9.80 Å². The highest BCUT2D eigenvalue weighted by molar-refractivity contribution is 5.90. The Kier molecular flexibility index (Phi) is 4.95. The van der Waals surface area contributed by atoms with Crippen LogP contribution in [-0.4, -0.2) is 65.8 Å². The number of aromatic nitrogens is 3. The lowest BCUT2D eigenvalue weighted by molar-refractivity contribution is -0.169. The number of nitriles is 1. The van der Waals surface area contributed by atoms with E-state index < -0.39 is 23.8 Å². The van der Waals surface area contributed by atoms with Gasteiger partial charge in [-0.25, -0.2) is 13.9 Å². The zero-order valence-corrected chi connectivity index (χ0v) is 16.7. The minimum absolute atomic E-state index is 0.188. The van der Waals surface area contributed by atoms with Crippen LogP contribution in [0.15, 0.2) is 24.4 Å². The summed E-state index contributed by atoms with van der Waals surface area (Å²) < 4.78 is 33.2. The molecule has 31 heavy (non-hydrogen) atoms. The van der Waals surface area contributed by atoms with Crippen molar-refractivity contribution in [3.63, 3.8) is 0 Å². The zero-order chi connectivity index (χ0) is 21.4. The Morgan fingerprint density at radius 3 is 2.71 bits per heavy atom. The minimum Gasteiger partial charge on any atom is -0.442 e. The molecule has 1 aromatic carbocycles. The van der Waals surface area contributed by atoms with E-state index in [1.165, 1.54) is 21.8 Å². The van der Waals surface area contributed by atoms with Gasteiger partial charge in [0, 0.05) is 25.9 Å². The molecule has 1 atom stereocenters. The van der Waals surface area contributed by atoms with Crippen LogP contribution in [0.5, 0.6) is 0 Å². The average Bonchev–Trinajstić information content (AvgIpc) is 3.50. The molecule has 0 aliphatic carbocycles. The molecule has 10 nitrogen and oxygen atoms in total. The van der Waals surface area contributed by atoms with Crippen molar-refractivity contribution in [1.82, 2.24) is 15.0 Å². The molecule has 0 N–H and O–H groups in total. The van der Waals surface area contributed by atoms with Crippen molar-refractivity contribution in [2.45, 2.75) is 31.3 Å². The second-order valence-corrected chi connectivity index (χ2v) is 7.78. The summed E-state index contributed by atoms with van der Waals surface area (Å²) in [5, 5.41) is 16.3. The second-order valence-electron chi connectivity index (χ2n) is 7.78. The summed E-state index contributed by atoms with van der Waals surface area (Å²) in [5.41, 5.74) is 1.11. The molecule has 3 aliphatic heterocycles. The summed E-state index contributed by atoms with van der Waals surface area (Å²) in [6.45, 7) is 2.98. The van der Waals surface area contributed by atoms with Gasteiger partial charge >= 0.3 is 6.09 Å². The Morgan fingerprint density at radius 2 is 2.03 bits per heavy atom. The molecule has 1 spiro atoms. The van der Waals surface area contributed by atoms with Crippen LogP contribution in [-0.2, 0) is 20.8 Å². The summed E-state index contributed by atoms with van der Waals surface area (Å²) in [5.74, 6) is -0.910. The molecule has 0 bridgehead atoms. The minimum atomic E-state index is -0.548. The first-order valence-corrected chi connectivity index (χ1v) is 10.2. The van der Waals surface area contributed by atoms with Crippen molar-refractivity contribution in [2.75, 3.05) is 42.6 Å². The number of carbonyl (C=O) groups is 1. The van der Waals surface area contributed by atoms with Crippen LogP contribution in [0.4, 0.5) is 20.6 Å². The molecule has 3 fully saturated rings. The lowest BCUT2D eigenvalue weighted by Gasteiger charge is -2.38. The fraction of sp³-hybridized carbons (Fsp3) is 0.500. The molecule has 0 radical (unpaired) electrons. The third-order valence-electron chi connectivity index (χ3n) is 5.84. The number of halogens is 1. The third kappa shape index (κ3) is 3.80. The third-order valence-corrected chi connectivity index (χ3v) is 5.84. The molecule has 5 rings (SSSR count). The zero-order valence-electron chi connectivity index (χ0n) is 16.7. The molecule has 1 amide bonds. The van der Waals surface area contributed by atoms with Crippen molar-refractivity contribution in [3.05, 3.63) is 35.9 Å². The number of hydrogen-bond acceptors (Lipinski definition) is 8. The average molecular weight is 428 g/mol. The Bertz CT molecular complexity index is 1020. The maximum Gasteiger partial charge on any atom is 0.414 e. The molecule has 0 unspecified atom stereocenters. The summed E-state index contributed by atoms with van der Waals surface area (Å²) in [6.07, 6.45) is 1.82. The molecular weight excluding hydrogens is 407 g/mol. The van der Waals surface area contributed by atoms with Crippen LogP contribution in [0.3, 0.4) is 0 Å². The number of nitrogens with zero attached hydrogens (tertiary/aromatic N) is 6. The van der Waals surface area contributed by atoms with Crippen molar-refractivity contribution < 1.29 is 23.4 Å². The number of cyclic esters (lactones) is 1. The maximum absolute atomic E-state index is 14.9. The quantitative estimate of drug-likeness (QED) is 0.724. The summed E-state index contributed by atoms with van der Waals surface area (Å²) >= 11 is 0. The fourth-order valence-electron chi connectivity index (χ4n) is 4.27. The number of amides is 1. The van der Waals surface area contributed by atoms with Gasteiger partial charge in [-0.1, -0.05) is 5.21 Å². The lowest BCUT2D eigenvalue weighted by Crippen LogP contribution is -2.45. The molecule has 11 heteroatoms. The summed E-state index contributed by atoms with van der Waals surface area (Å²) in [7, 11) is 0. The van der Waals surface area contributed by atoms with Crippen molar-refractivity contribution in [1.29, 1.82) is 5.26 Å². The van der Waals surface area contributed by atoms with Gasteiger partial charge in [0.25, 0.3) is 0 Å². The monoisotopic (exact) mass is 428 g/mol. The number of anilines is 2. The van der Waals surface area contributed by atoms with Gasteiger partial charge in [-0.2, -0.15) is 5.26 Å². The molecule has 1 aromatic heterocycles. The van der Waals surface area contributed by atoms with Gasteiger partial charge in [-0.3, -0.25) is 4.90 Å². The van der Waals surface area contributed by atoms with E-state index in [0.29, 0.717) is 50.5 Å². The summed E-state index contributed by atoms with van der Waals surface area (Å²) in [4.78, 5) is 15.7. The Balaban J connectivity index is 1.24. The van der Waals surface area contributed by atoms with Crippen molar-refractivity contribution in [3.8, 4) is 6.07 Å². The summed E-state index contributed by atoms with van der Waals surface area (Å²) in [6, 6.07) is 6.66. The number of piperidine rings is 1. The standard InChI is InChI=1S/C20H21FN6O4/c21-17-9-15(1-2-18(17)25-5-3-20(4-6-25)29-7-8-30-20)27-13-16(31-19(27)28)12-26-11-14(10-22)23-24-26/h1-2,9,11,16H,3-8,12-13H2/t16-/m0/s1. The van der Waals surface area contributed by atoms with E-state index in [4.69, 9.17) is 19.5 Å². The van der Waals surface area contributed by atoms with Gasteiger partial charge in [-0.05, 0) is 18.2 Å². The van der Waals surface area contributed by atoms with Gasteiger partial charge in [-0.15, -0.1) is 5.10 Å². The Morgan fingerprint density at radius 1 is 1.26 bits per heavy atom. The Hall–Kier alpha value is -3.23. The number of hydrogen-bond donors (Lipinski definition) is 0. The SMILES string of the molecule is N#Cc1cn(C[C@H]2CN(c3ccc(N4CCC5(CC4)OCCO5)c(F)c3)C(=O)O2)nn1. The molecule has 3 aliphatic rings.